The molecule has 8 nitrogen and oxygen atoms in total. The second-order valence-electron chi connectivity index (χ2n) is 6.83. The monoisotopic (exact) mass is 494 g/mol. The minimum absolute atomic E-state index is 0.00184. The number of rotatable bonds is 9. The number of hydrogen-bond donors (Lipinski definition) is 1. The molecular weight excluding hydrogens is 477 g/mol. The highest BCUT2D eigenvalue weighted by atomic mass is 35.5. The summed E-state index contributed by atoms with van der Waals surface area (Å²) in [5, 5.41) is 14.5. The Balaban J connectivity index is 1.49. The van der Waals surface area contributed by atoms with E-state index in [1.165, 1.54) is 24.3 Å². The molecule has 0 unspecified atom stereocenters. The van der Waals surface area contributed by atoms with Gasteiger partial charge in [-0.2, -0.15) is 18.3 Å². The number of hydrogen-bond acceptors (Lipinski definition) is 7. The van der Waals surface area contributed by atoms with E-state index in [1.54, 1.807) is 31.2 Å². The summed E-state index contributed by atoms with van der Waals surface area (Å²) in [6, 6.07) is 13.5. The van der Waals surface area contributed by atoms with Crippen LogP contribution in [0.15, 0.2) is 65.9 Å². The van der Waals surface area contributed by atoms with Gasteiger partial charge in [-0.25, -0.2) is 4.98 Å². The van der Waals surface area contributed by atoms with Gasteiger partial charge in [0.2, 0.25) is 0 Å². The molecule has 0 spiro atoms. The third-order valence-electron chi connectivity index (χ3n) is 4.44. The van der Waals surface area contributed by atoms with Crippen molar-refractivity contribution in [3.05, 3.63) is 87.1 Å². The van der Waals surface area contributed by atoms with Crippen LogP contribution in [0, 0.1) is 10.1 Å². The van der Waals surface area contributed by atoms with Gasteiger partial charge in [0.1, 0.15) is 24.7 Å². The SMILES string of the molecule is C/C(=N/Nc1ncc(C(F)(F)F)cc1Cl)c1ccc(OCCOc2ccc([N+](=O)[O-])cc2)cc1. The van der Waals surface area contributed by atoms with Gasteiger partial charge in [-0.1, -0.05) is 11.6 Å². The van der Waals surface area contributed by atoms with E-state index < -0.39 is 16.7 Å². The molecular formula is C22H18ClF3N4O4. The van der Waals surface area contributed by atoms with Gasteiger partial charge >= 0.3 is 6.18 Å². The summed E-state index contributed by atoms with van der Waals surface area (Å²) in [7, 11) is 0. The van der Waals surface area contributed by atoms with Crippen LogP contribution in [0.3, 0.4) is 0 Å². The summed E-state index contributed by atoms with van der Waals surface area (Å²) in [5.41, 5.74) is 2.89. The van der Waals surface area contributed by atoms with Crippen LogP contribution < -0.4 is 14.9 Å². The Morgan fingerprint density at radius 1 is 1.09 bits per heavy atom. The molecule has 1 heterocycles. The van der Waals surface area contributed by atoms with Crippen LogP contribution in [0.5, 0.6) is 11.5 Å². The first-order valence-corrected chi connectivity index (χ1v) is 10.1. The number of non-ortho nitro benzene ring substituents is 1. The van der Waals surface area contributed by atoms with E-state index in [9.17, 15) is 23.3 Å². The Bertz CT molecular complexity index is 1170. The zero-order valence-corrected chi connectivity index (χ0v) is 18.4. The number of nitro groups is 1. The van der Waals surface area contributed by atoms with E-state index in [0.29, 0.717) is 23.4 Å². The number of hydrazone groups is 1. The lowest BCUT2D eigenvalue weighted by atomic mass is 10.1. The predicted octanol–water partition coefficient (Wildman–Crippen LogP) is 5.96. The van der Waals surface area contributed by atoms with Crippen molar-refractivity contribution in [2.24, 2.45) is 5.10 Å². The van der Waals surface area contributed by atoms with Gasteiger partial charge in [0.15, 0.2) is 5.82 Å². The Morgan fingerprint density at radius 3 is 2.15 bits per heavy atom. The molecule has 0 bridgehead atoms. The van der Waals surface area contributed by atoms with Gasteiger partial charge < -0.3 is 9.47 Å². The third kappa shape index (κ3) is 6.82. The number of pyridine rings is 1. The van der Waals surface area contributed by atoms with Crippen molar-refractivity contribution in [3.63, 3.8) is 0 Å². The normalized spacial score (nSPS) is 11.7. The van der Waals surface area contributed by atoms with Crippen LogP contribution in [0.4, 0.5) is 24.7 Å². The van der Waals surface area contributed by atoms with Gasteiger partial charge in [0.05, 0.1) is 21.2 Å². The van der Waals surface area contributed by atoms with Crippen molar-refractivity contribution >= 4 is 28.8 Å². The minimum atomic E-state index is -4.53. The van der Waals surface area contributed by atoms with E-state index >= 15 is 0 Å². The second kappa shape index (κ2) is 10.8. The molecule has 0 saturated heterocycles. The number of nitrogens with zero attached hydrogens (tertiary/aromatic N) is 3. The van der Waals surface area contributed by atoms with Crippen molar-refractivity contribution < 1.29 is 27.6 Å². The molecule has 0 radical (unpaired) electrons. The molecule has 0 fully saturated rings. The largest absolute Gasteiger partial charge is 0.490 e. The minimum Gasteiger partial charge on any atom is -0.490 e. The fourth-order valence-electron chi connectivity index (χ4n) is 2.65. The molecule has 3 rings (SSSR count). The first-order valence-electron chi connectivity index (χ1n) is 9.77. The molecule has 0 saturated carbocycles. The fraction of sp³-hybridized carbons (Fsp3) is 0.182. The summed E-state index contributed by atoms with van der Waals surface area (Å²) in [4.78, 5) is 13.8. The second-order valence-corrected chi connectivity index (χ2v) is 7.24. The van der Waals surface area contributed by atoms with E-state index in [4.69, 9.17) is 21.1 Å². The van der Waals surface area contributed by atoms with Gasteiger partial charge in [-0.15, -0.1) is 0 Å². The molecule has 0 amide bonds. The maximum absolute atomic E-state index is 12.7. The number of ether oxygens (including phenoxy) is 2. The van der Waals surface area contributed by atoms with Crippen LogP contribution in [0.25, 0.3) is 0 Å². The number of nitrogens with one attached hydrogen (secondary N) is 1. The summed E-state index contributed by atoms with van der Waals surface area (Å²) in [6.45, 7) is 2.20. The van der Waals surface area contributed by atoms with Gasteiger partial charge in [0, 0.05) is 18.3 Å². The quantitative estimate of drug-likeness (QED) is 0.171. The Kier molecular flexibility index (Phi) is 7.90. The number of alkyl halides is 3. The number of halogens is 4. The van der Waals surface area contributed by atoms with Crippen molar-refractivity contribution in [1.82, 2.24) is 4.98 Å². The number of aromatic nitrogens is 1. The molecule has 3 aromatic rings. The van der Waals surface area contributed by atoms with Crippen LogP contribution in [-0.4, -0.2) is 28.8 Å². The fourth-order valence-corrected chi connectivity index (χ4v) is 2.86. The van der Waals surface area contributed by atoms with E-state index in [2.05, 4.69) is 15.5 Å². The maximum Gasteiger partial charge on any atom is 0.417 e. The molecule has 0 atom stereocenters. The zero-order valence-electron chi connectivity index (χ0n) is 17.7. The van der Waals surface area contributed by atoms with Crippen LogP contribution in [0.2, 0.25) is 5.02 Å². The van der Waals surface area contributed by atoms with Crippen molar-refractivity contribution in [2.75, 3.05) is 18.6 Å². The van der Waals surface area contributed by atoms with Gasteiger partial charge in [0.25, 0.3) is 5.69 Å². The van der Waals surface area contributed by atoms with Crippen LogP contribution in [0.1, 0.15) is 18.1 Å². The average Bonchev–Trinajstić information content (AvgIpc) is 2.81. The van der Waals surface area contributed by atoms with Crippen molar-refractivity contribution in [2.45, 2.75) is 13.1 Å². The van der Waals surface area contributed by atoms with E-state index in [1.807, 2.05) is 0 Å². The molecule has 0 aliphatic rings. The van der Waals surface area contributed by atoms with Crippen molar-refractivity contribution in [1.29, 1.82) is 0 Å². The van der Waals surface area contributed by atoms with E-state index in [0.717, 1.165) is 11.6 Å². The summed E-state index contributed by atoms with van der Waals surface area (Å²) in [6.07, 6.45) is -3.86. The summed E-state index contributed by atoms with van der Waals surface area (Å²) >= 11 is 5.86. The molecule has 1 aromatic heterocycles. The summed E-state index contributed by atoms with van der Waals surface area (Å²) < 4.78 is 49.2. The standard InChI is InChI=1S/C22H18ClF3N4O4/c1-14(28-29-21-20(23)12-16(13-27-21)22(24,25)26)15-2-6-18(7-3-15)33-10-11-34-19-8-4-17(5-9-19)30(31)32/h2-9,12-13H,10-11H2,1H3,(H,27,29)/b28-14-. The summed E-state index contributed by atoms with van der Waals surface area (Å²) in [5.74, 6) is 1.08. The van der Waals surface area contributed by atoms with Gasteiger partial charge in [-0.3, -0.25) is 15.5 Å². The van der Waals surface area contributed by atoms with Crippen LogP contribution >= 0.6 is 11.6 Å². The molecule has 12 heteroatoms. The third-order valence-corrected chi connectivity index (χ3v) is 4.73. The predicted molar refractivity (Wildman–Crippen MR) is 121 cm³/mol. The molecule has 0 aliphatic carbocycles. The molecule has 34 heavy (non-hydrogen) atoms. The molecule has 1 N–H and O–H groups in total. The van der Waals surface area contributed by atoms with E-state index in [-0.39, 0.29) is 29.7 Å². The smallest absolute Gasteiger partial charge is 0.417 e. The first kappa shape index (κ1) is 24.8. The Morgan fingerprint density at radius 2 is 1.65 bits per heavy atom. The first-order chi connectivity index (χ1) is 16.1. The number of nitro benzene ring substituents is 1. The Hall–Kier alpha value is -3.86. The zero-order chi connectivity index (χ0) is 24.7. The number of anilines is 1. The lowest BCUT2D eigenvalue weighted by molar-refractivity contribution is -0.384. The lowest BCUT2D eigenvalue weighted by Crippen LogP contribution is -2.09. The maximum atomic E-state index is 12.7. The van der Waals surface area contributed by atoms with Gasteiger partial charge in [-0.05, 0) is 55.0 Å². The highest BCUT2D eigenvalue weighted by molar-refractivity contribution is 6.33. The molecule has 178 valence electrons. The molecule has 0 aliphatic heterocycles. The highest BCUT2D eigenvalue weighted by Gasteiger charge is 2.31. The van der Waals surface area contributed by atoms with Crippen molar-refractivity contribution in [3.8, 4) is 11.5 Å². The topological polar surface area (TPSA) is 98.9 Å². The number of benzene rings is 2. The van der Waals surface area contributed by atoms with Crippen LogP contribution in [-0.2, 0) is 6.18 Å². The average molecular weight is 495 g/mol. The highest BCUT2D eigenvalue weighted by Crippen LogP contribution is 2.32. The molecule has 2 aromatic carbocycles. The Labute approximate surface area is 197 Å². The lowest BCUT2D eigenvalue weighted by Gasteiger charge is -2.10.